The number of rotatable bonds is 5. The molecule has 0 aliphatic carbocycles. The zero-order valence-corrected chi connectivity index (χ0v) is 9.81. The molecule has 98 valence electrons. The number of hydrogen-bond donors (Lipinski definition) is 3. The number of carboxylic acid groups (broad SMARTS) is 1. The van der Waals surface area contributed by atoms with E-state index in [0.717, 1.165) is 18.2 Å². The summed E-state index contributed by atoms with van der Waals surface area (Å²) in [6, 6.07) is 1.89. The molecule has 1 aromatic carbocycles. The van der Waals surface area contributed by atoms with Crippen LogP contribution in [0.3, 0.4) is 0 Å². The Morgan fingerprint density at radius 2 is 2.11 bits per heavy atom. The number of aliphatic carboxylic acids is 1. The maximum absolute atomic E-state index is 12.7. The van der Waals surface area contributed by atoms with Gasteiger partial charge in [0.2, 0.25) is 0 Å². The van der Waals surface area contributed by atoms with E-state index in [9.17, 15) is 19.1 Å². The molecule has 18 heavy (non-hydrogen) atoms. The Bertz CT molecular complexity index is 461. The van der Waals surface area contributed by atoms with Crippen molar-refractivity contribution in [2.24, 2.45) is 0 Å². The van der Waals surface area contributed by atoms with Gasteiger partial charge in [-0.25, -0.2) is 9.18 Å². The second-order valence-electron chi connectivity index (χ2n) is 3.81. The minimum absolute atomic E-state index is 0.154. The summed E-state index contributed by atoms with van der Waals surface area (Å²) in [4.78, 5) is 22.6. The van der Waals surface area contributed by atoms with Crippen molar-refractivity contribution in [1.29, 1.82) is 0 Å². The number of phenols is 1. The van der Waals surface area contributed by atoms with E-state index in [0.29, 0.717) is 6.42 Å². The predicted molar refractivity (Wildman–Crippen MR) is 61.9 cm³/mol. The standard InChI is InChI=1S/C12H14FNO4/c1-2-3-9(12(17)18)14-11(16)8-5-4-7(13)6-10(8)15/h4-6,9,15H,2-3H2,1H3,(H,14,16)(H,17,18). The van der Waals surface area contributed by atoms with E-state index >= 15 is 0 Å². The van der Waals surface area contributed by atoms with Gasteiger partial charge in [-0.05, 0) is 18.6 Å². The molecule has 0 saturated carbocycles. The SMILES string of the molecule is CCCC(NC(=O)c1ccc(F)cc1O)C(=O)O. The zero-order valence-electron chi connectivity index (χ0n) is 9.81. The third kappa shape index (κ3) is 3.44. The molecule has 0 aliphatic rings. The van der Waals surface area contributed by atoms with Gasteiger partial charge in [0.1, 0.15) is 17.6 Å². The molecule has 5 nitrogen and oxygen atoms in total. The number of hydrogen-bond acceptors (Lipinski definition) is 3. The largest absolute Gasteiger partial charge is 0.507 e. The number of benzene rings is 1. The van der Waals surface area contributed by atoms with Gasteiger partial charge < -0.3 is 15.5 Å². The van der Waals surface area contributed by atoms with Crippen molar-refractivity contribution in [3.8, 4) is 5.75 Å². The molecule has 6 heteroatoms. The number of carbonyl (C=O) groups is 2. The lowest BCUT2D eigenvalue weighted by atomic mass is 10.1. The number of aromatic hydroxyl groups is 1. The zero-order chi connectivity index (χ0) is 13.7. The van der Waals surface area contributed by atoms with Crippen LogP contribution < -0.4 is 5.32 Å². The molecular formula is C12H14FNO4. The molecule has 0 heterocycles. The molecule has 0 saturated heterocycles. The van der Waals surface area contributed by atoms with Crippen LogP contribution in [0.4, 0.5) is 4.39 Å². The lowest BCUT2D eigenvalue weighted by Gasteiger charge is -2.14. The fourth-order valence-electron chi connectivity index (χ4n) is 1.48. The van der Waals surface area contributed by atoms with E-state index < -0.39 is 29.5 Å². The highest BCUT2D eigenvalue weighted by Gasteiger charge is 2.21. The van der Waals surface area contributed by atoms with Crippen molar-refractivity contribution in [3.05, 3.63) is 29.6 Å². The first-order chi connectivity index (χ1) is 8.45. The highest BCUT2D eigenvalue weighted by Crippen LogP contribution is 2.18. The number of carbonyl (C=O) groups excluding carboxylic acids is 1. The van der Waals surface area contributed by atoms with Crippen LogP contribution in [0.5, 0.6) is 5.75 Å². The molecule has 1 unspecified atom stereocenters. The molecule has 0 aromatic heterocycles. The van der Waals surface area contributed by atoms with Crippen LogP contribution in [0.1, 0.15) is 30.1 Å². The number of nitrogens with one attached hydrogen (secondary N) is 1. The van der Waals surface area contributed by atoms with Gasteiger partial charge in [-0.15, -0.1) is 0 Å². The van der Waals surface area contributed by atoms with Crippen molar-refractivity contribution in [2.75, 3.05) is 0 Å². The minimum Gasteiger partial charge on any atom is -0.507 e. The maximum Gasteiger partial charge on any atom is 0.326 e. The smallest absolute Gasteiger partial charge is 0.326 e. The van der Waals surface area contributed by atoms with Crippen molar-refractivity contribution in [3.63, 3.8) is 0 Å². The van der Waals surface area contributed by atoms with E-state index in [4.69, 9.17) is 5.11 Å². The Labute approximate surface area is 103 Å². The Morgan fingerprint density at radius 1 is 1.44 bits per heavy atom. The van der Waals surface area contributed by atoms with E-state index in [2.05, 4.69) is 5.32 Å². The van der Waals surface area contributed by atoms with Crippen LogP contribution in [-0.2, 0) is 4.79 Å². The second kappa shape index (κ2) is 6.00. The lowest BCUT2D eigenvalue weighted by Crippen LogP contribution is -2.40. The molecule has 0 spiro atoms. The number of phenolic OH excluding ortho intramolecular Hbond substituents is 1. The summed E-state index contributed by atoms with van der Waals surface area (Å²) in [7, 11) is 0. The Hall–Kier alpha value is -2.11. The second-order valence-corrected chi connectivity index (χ2v) is 3.81. The first kappa shape index (κ1) is 14.0. The van der Waals surface area contributed by atoms with Crippen LogP contribution >= 0.6 is 0 Å². The number of halogens is 1. The van der Waals surface area contributed by atoms with Gasteiger partial charge in [0.15, 0.2) is 0 Å². The molecule has 0 fully saturated rings. The van der Waals surface area contributed by atoms with Crippen molar-refractivity contribution < 1.29 is 24.2 Å². The summed E-state index contributed by atoms with van der Waals surface area (Å²) < 4.78 is 12.7. The summed E-state index contributed by atoms with van der Waals surface area (Å²) in [5.74, 6) is -3.08. The average Bonchev–Trinajstić information content (AvgIpc) is 2.27. The highest BCUT2D eigenvalue weighted by molar-refractivity contribution is 5.98. The summed E-state index contributed by atoms with van der Waals surface area (Å²) in [6.45, 7) is 1.79. The molecule has 1 amide bonds. The van der Waals surface area contributed by atoms with Gasteiger partial charge in [-0.1, -0.05) is 13.3 Å². The molecule has 0 radical (unpaired) electrons. The van der Waals surface area contributed by atoms with Gasteiger partial charge in [-0.2, -0.15) is 0 Å². The first-order valence-electron chi connectivity index (χ1n) is 5.48. The highest BCUT2D eigenvalue weighted by atomic mass is 19.1. The van der Waals surface area contributed by atoms with Crippen LogP contribution in [-0.4, -0.2) is 28.1 Å². The van der Waals surface area contributed by atoms with Crippen LogP contribution in [0, 0.1) is 5.82 Å². The van der Waals surface area contributed by atoms with Crippen molar-refractivity contribution >= 4 is 11.9 Å². The number of amides is 1. The molecule has 3 N–H and O–H groups in total. The fourth-order valence-corrected chi connectivity index (χ4v) is 1.48. The van der Waals surface area contributed by atoms with Crippen molar-refractivity contribution in [1.82, 2.24) is 5.32 Å². The van der Waals surface area contributed by atoms with E-state index in [1.807, 2.05) is 0 Å². The Kier molecular flexibility index (Phi) is 4.65. The molecule has 0 bridgehead atoms. The van der Waals surface area contributed by atoms with Crippen molar-refractivity contribution in [2.45, 2.75) is 25.8 Å². The van der Waals surface area contributed by atoms with Crippen LogP contribution in [0.25, 0.3) is 0 Å². The minimum atomic E-state index is -1.15. The molecular weight excluding hydrogens is 241 g/mol. The van der Waals surface area contributed by atoms with E-state index in [1.165, 1.54) is 0 Å². The Balaban J connectivity index is 2.83. The normalized spacial score (nSPS) is 11.9. The monoisotopic (exact) mass is 255 g/mol. The summed E-state index contributed by atoms with van der Waals surface area (Å²) in [5, 5.41) is 20.5. The van der Waals surface area contributed by atoms with Crippen LogP contribution in [0.15, 0.2) is 18.2 Å². The molecule has 1 aromatic rings. The maximum atomic E-state index is 12.7. The topological polar surface area (TPSA) is 86.6 Å². The van der Waals surface area contributed by atoms with Gasteiger partial charge in [0.25, 0.3) is 5.91 Å². The van der Waals surface area contributed by atoms with E-state index in [1.54, 1.807) is 6.92 Å². The first-order valence-corrected chi connectivity index (χ1v) is 5.48. The van der Waals surface area contributed by atoms with Gasteiger partial charge in [-0.3, -0.25) is 4.79 Å². The average molecular weight is 255 g/mol. The predicted octanol–water partition coefficient (Wildman–Crippen LogP) is 1.51. The fraction of sp³-hybridized carbons (Fsp3) is 0.333. The van der Waals surface area contributed by atoms with Gasteiger partial charge in [0, 0.05) is 6.07 Å². The lowest BCUT2D eigenvalue weighted by molar-refractivity contribution is -0.139. The number of carboxylic acids is 1. The van der Waals surface area contributed by atoms with Gasteiger partial charge >= 0.3 is 5.97 Å². The Morgan fingerprint density at radius 3 is 2.61 bits per heavy atom. The van der Waals surface area contributed by atoms with E-state index in [-0.39, 0.29) is 12.0 Å². The molecule has 1 atom stereocenters. The van der Waals surface area contributed by atoms with Crippen LogP contribution in [0.2, 0.25) is 0 Å². The quantitative estimate of drug-likeness (QED) is 0.744. The summed E-state index contributed by atoms with van der Waals surface area (Å²) in [6.07, 6.45) is 0.871. The third-order valence-corrected chi connectivity index (χ3v) is 2.39. The molecule has 0 aliphatic heterocycles. The molecule has 1 rings (SSSR count). The summed E-state index contributed by atoms with van der Waals surface area (Å²) >= 11 is 0. The summed E-state index contributed by atoms with van der Waals surface area (Å²) in [5.41, 5.74) is -0.154. The van der Waals surface area contributed by atoms with Gasteiger partial charge in [0.05, 0.1) is 5.56 Å². The third-order valence-electron chi connectivity index (χ3n) is 2.39.